The van der Waals surface area contributed by atoms with Crippen LogP contribution in [-0.2, 0) is 0 Å². The minimum absolute atomic E-state index is 0.278. The first-order valence-electron chi connectivity index (χ1n) is 6.60. The number of rotatable bonds is 3. The smallest absolute Gasteiger partial charge is 0.335 e. The molecule has 3 rings (SSSR count). The van der Waals surface area contributed by atoms with E-state index in [2.05, 4.69) is 4.98 Å². The third-order valence-corrected chi connectivity index (χ3v) is 3.45. The number of hydrogen-bond acceptors (Lipinski definition) is 2. The Morgan fingerprint density at radius 3 is 2.33 bits per heavy atom. The van der Waals surface area contributed by atoms with Crippen LogP contribution in [0.5, 0.6) is 0 Å². The van der Waals surface area contributed by atoms with Crippen LogP contribution in [0, 0.1) is 6.92 Å². The summed E-state index contributed by atoms with van der Waals surface area (Å²) in [6.45, 7) is 2.00. The van der Waals surface area contributed by atoms with E-state index in [0.29, 0.717) is 0 Å². The normalized spacial score (nSPS) is 10.5. The predicted octanol–water partition coefficient (Wildman–Crippen LogP) is 3.55. The number of carboxylic acids is 1. The first-order valence-corrected chi connectivity index (χ1v) is 6.60. The van der Waals surface area contributed by atoms with Crippen LogP contribution in [0.15, 0.2) is 60.9 Å². The van der Waals surface area contributed by atoms with Gasteiger partial charge >= 0.3 is 5.97 Å². The number of carboxylic acid groups (broad SMARTS) is 1. The number of imidazole rings is 1. The molecule has 21 heavy (non-hydrogen) atoms. The summed E-state index contributed by atoms with van der Waals surface area (Å²) in [5.74, 6) is -0.922. The largest absolute Gasteiger partial charge is 0.478 e. The fourth-order valence-corrected chi connectivity index (χ4v) is 2.31. The third-order valence-electron chi connectivity index (χ3n) is 3.45. The number of nitrogens with zero attached hydrogens (tertiary/aromatic N) is 2. The van der Waals surface area contributed by atoms with Gasteiger partial charge in [0.2, 0.25) is 0 Å². The molecule has 0 bridgehead atoms. The SMILES string of the molecule is Cc1c(-c2ccccc2)ncn1-c1ccc(C(=O)O)cc1. The highest BCUT2D eigenvalue weighted by Crippen LogP contribution is 2.23. The van der Waals surface area contributed by atoms with E-state index in [9.17, 15) is 4.79 Å². The number of benzene rings is 2. The Morgan fingerprint density at radius 1 is 1.05 bits per heavy atom. The van der Waals surface area contributed by atoms with Crippen LogP contribution in [0.3, 0.4) is 0 Å². The van der Waals surface area contributed by atoms with Gasteiger partial charge < -0.3 is 9.67 Å². The van der Waals surface area contributed by atoms with Crippen molar-refractivity contribution in [1.82, 2.24) is 9.55 Å². The van der Waals surface area contributed by atoms with Gasteiger partial charge in [-0.2, -0.15) is 0 Å². The summed E-state index contributed by atoms with van der Waals surface area (Å²) in [5.41, 5.74) is 4.19. The Labute approximate surface area is 122 Å². The van der Waals surface area contributed by atoms with Gasteiger partial charge in [0.1, 0.15) is 6.33 Å². The molecule has 0 atom stereocenters. The molecule has 0 saturated heterocycles. The zero-order valence-electron chi connectivity index (χ0n) is 11.5. The molecule has 1 aromatic heterocycles. The molecule has 2 aromatic carbocycles. The van der Waals surface area contributed by atoms with Crippen LogP contribution in [0.1, 0.15) is 16.1 Å². The average Bonchev–Trinajstić information content (AvgIpc) is 2.90. The van der Waals surface area contributed by atoms with Gasteiger partial charge in [-0.05, 0) is 31.2 Å². The molecule has 3 aromatic rings. The van der Waals surface area contributed by atoms with Crippen molar-refractivity contribution in [3.63, 3.8) is 0 Å². The Morgan fingerprint density at radius 2 is 1.71 bits per heavy atom. The van der Waals surface area contributed by atoms with Gasteiger partial charge in [0.15, 0.2) is 0 Å². The Kier molecular flexibility index (Phi) is 3.28. The summed E-state index contributed by atoms with van der Waals surface area (Å²) in [5, 5.41) is 8.93. The molecule has 1 heterocycles. The molecule has 0 amide bonds. The second kappa shape index (κ2) is 5.25. The molecule has 0 radical (unpaired) electrons. The van der Waals surface area contributed by atoms with Gasteiger partial charge in [-0.3, -0.25) is 0 Å². The summed E-state index contributed by atoms with van der Waals surface area (Å²) < 4.78 is 1.95. The van der Waals surface area contributed by atoms with E-state index in [1.807, 2.05) is 41.8 Å². The fourth-order valence-electron chi connectivity index (χ4n) is 2.31. The van der Waals surface area contributed by atoms with Crippen molar-refractivity contribution < 1.29 is 9.90 Å². The van der Waals surface area contributed by atoms with E-state index in [1.54, 1.807) is 30.6 Å². The summed E-state index contributed by atoms with van der Waals surface area (Å²) >= 11 is 0. The topological polar surface area (TPSA) is 55.1 Å². The van der Waals surface area contributed by atoms with Crippen molar-refractivity contribution in [3.05, 3.63) is 72.2 Å². The second-order valence-corrected chi connectivity index (χ2v) is 4.77. The lowest BCUT2D eigenvalue weighted by molar-refractivity contribution is 0.0697. The Hall–Kier alpha value is -2.88. The van der Waals surface area contributed by atoms with Crippen LogP contribution in [0.4, 0.5) is 0 Å². The van der Waals surface area contributed by atoms with E-state index in [1.165, 1.54) is 0 Å². The standard InChI is InChI=1S/C17H14N2O2/c1-12-16(13-5-3-2-4-6-13)18-11-19(12)15-9-7-14(8-10-15)17(20)21/h2-11H,1H3,(H,20,21). The van der Waals surface area contributed by atoms with E-state index in [0.717, 1.165) is 22.6 Å². The van der Waals surface area contributed by atoms with Gasteiger partial charge in [0.25, 0.3) is 0 Å². The molecule has 0 saturated carbocycles. The second-order valence-electron chi connectivity index (χ2n) is 4.77. The zero-order valence-corrected chi connectivity index (χ0v) is 11.5. The molecule has 0 aliphatic rings. The summed E-state index contributed by atoms with van der Waals surface area (Å²) in [7, 11) is 0. The molecule has 4 nitrogen and oxygen atoms in total. The minimum atomic E-state index is -0.922. The highest BCUT2D eigenvalue weighted by molar-refractivity contribution is 5.87. The highest BCUT2D eigenvalue weighted by Gasteiger charge is 2.10. The molecular formula is C17H14N2O2. The van der Waals surface area contributed by atoms with Gasteiger partial charge in [-0.1, -0.05) is 30.3 Å². The molecule has 0 fully saturated rings. The molecule has 4 heteroatoms. The molecule has 0 spiro atoms. The fraction of sp³-hybridized carbons (Fsp3) is 0.0588. The Balaban J connectivity index is 2.01. The maximum absolute atomic E-state index is 10.9. The molecular weight excluding hydrogens is 264 g/mol. The van der Waals surface area contributed by atoms with E-state index >= 15 is 0 Å². The molecule has 0 unspecified atom stereocenters. The lowest BCUT2D eigenvalue weighted by Crippen LogP contribution is -1.99. The van der Waals surface area contributed by atoms with Crippen LogP contribution >= 0.6 is 0 Å². The van der Waals surface area contributed by atoms with Gasteiger partial charge in [0.05, 0.1) is 11.3 Å². The van der Waals surface area contributed by atoms with E-state index in [4.69, 9.17) is 5.11 Å². The van der Waals surface area contributed by atoms with Crippen molar-refractivity contribution in [1.29, 1.82) is 0 Å². The number of hydrogen-bond donors (Lipinski definition) is 1. The van der Waals surface area contributed by atoms with Crippen LogP contribution in [-0.4, -0.2) is 20.6 Å². The maximum Gasteiger partial charge on any atom is 0.335 e. The van der Waals surface area contributed by atoms with E-state index < -0.39 is 5.97 Å². The number of carbonyl (C=O) groups is 1. The molecule has 0 aliphatic heterocycles. The average molecular weight is 278 g/mol. The van der Waals surface area contributed by atoms with Crippen LogP contribution < -0.4 is 0 Å². The number of aromatic nitrogens is 2. The zero-order chi connectivity index (χ0) is 14.8. The summed E-state index contributed by atoms with van der Waals surface area (Å²) in [6, 6.07) is 16.7. The van der Waals surface area contributed by atoms with E-state index in [-0.39, 0.29) is 5.56 Å². The van der Waals surface area contributed by atoms with Crippen LogP contribution in [0.2, 0.25) is 0 Å². The lowest BCUT2D eigenvalue weighted by atomic mass is 10.1. The summed E-state index contributed by atoms with van der Waals surface area (Å²) in [4.78, 5) is 15.4. The first kappa shape index (κ1) is 13.1. The number of aromatic carboxylic acids is 1. The maximum atomic E-state index is 10.9. The van der Waals surface area contributed by atoms with Crippen molar-refractivity contribution >= 4 is 5.97 Å². The van der Waals surface area contributed by atoms with Crippen molar-refractivity contribution in [2.45, 2.75) is 6.92 Å². The summed E-state index contributed by atoms with van der Waals surface area (Å²) in [6.07, 6.45) is 1.76. The van der Waals surface area contributed by atoms with Gasteiger partial charge in [-0.25, -0.2) is 9.78 Å². The molecule has 0 aliphatic carbocycles. The van der Waals surface area contributed by atoms with Crippen LogP contribution in [0.25, 0.3) is 16.9 Å². The van der Waals surface area contributed by atoms with Crippen molar-refractivity contribution in [2.75, 3.05) is 0 Å². The monoisotopic (exact) mass is 278 g/mol. The van der Waals surface area contributed by atoms with Crippen molar-refractivity contribution in [3.8, 4) is 16.9 Å². The molecule has 1 N–H and O–H groups in total. The predicted molar refractivity (Wildman–Crippen MR) is 80.7 cm³/mol. The minimum Gasteiger partial charge on any atom is -0.478 e. The first-order chi connectivity index (χ1) is 10.2. The van der Waals surface area contributed by atoms with Gasteiger partial charge in [0, 0.05) is 16.9 Å². The third kappa shape index (κ3) is 2.43. The van der Waals surface area contributed by atoms with Crippen molar-refractivity contribution in [2.24, 2.45) is 0 Å². The highest BCUT2D eigenvalue weighted by atomic mass is 16.4. The Bertz CT molecular complexity index is 774. The van der Waals surface area contributed by atoms with Gasteiger partial charge in [-0.15, -0.1) is 0 Å². The quantitative estimate of drug-likeness (QED) is 0.797. The molecule has 104 valence electrons. The lowest BCUT2D eigenvalue weighted by Gasteiger charge is -2.06.